The molecule has 0 aromatic rings. The molecule has 0 saturated carbocycles. The Morgan fingerprint density at radius 3 is 1.41 bits per heavy atom. The van der Waals surface area contributed by atoms with Crippen molar-refractivity contribution in [3.63, 3.8) is 0 Å². The van der Waals surface area contributed by atoms with Crippen LogP contribution >= 0.6 is 24.8 Å². The fraction of sp³-hybridized carbons (Fsp3) is 0.867. The van der Waals surface area contributed by atoms with Crippen molar-refractivity contribution in [3.8, 4) is 0 Å². The molecule has 0 aromatic heterocycles. The van der Waals surface area contributed by atoms with Crippen molar-refractivity contribution in [3.05, 3.63) is 0 Å². The standard InChI is InChI=1S/C15H33N5.2ClH/c1-3-5-7-9-11-13-19-15(17)20-14(16)18-12-10-8-6-4-2;;/h3-13H2,1-2H3,(H5,16,17,18,19,20);2*1H. The van der Waals surface area contributed by atoms with Gasteiger partial charge in [-0.15, -0.1) is 24.8 Å². The Kier molecular flexibility index (Phi) is 24.2. The number of halogens is 2. The summed E-state index contributed by atoms with van der Waals surface area (Å²) < 4.78 is 0. The smallest absolute Gasteiger partial charge is 0.195 e. The molecule has 7 heteroatoms. The Bertz CT molecular complexity index is 262. The average Bonchev–Trinajstić information content (AvgIpc) is 2.42. The van der Waals surface area contributed by atoms with Gasteiger partial charge in [0.15, 0.2) is 11.9 Å². The van der Waals surface area contributed by atoms with E-state index in [4.69, 9.17) is 10.8 Å². The van der Waals surface area contributed by atoms with Gasteiger partial charge in [0, 0.05) is 13.1 Å². The predicted molar refractivity (Wildman–Crippen MR) is 102 cm³/mol. The van der Waals surface area contributed by atoms with Crippen molar-refractivity contribution in [1.29, 1.82) is 10.8 Å². The second-order valence-corrected chi connectivity index (χ2v) is 5.20. The number of hydrogen-bond donors (Lipinski definition) is 5. The first kappa shape index (κ1) is 26.2. The van der Waals surface area contributed by atoms with Crippen LogP contribution in [0.3, 0.4) is 0 Å². The third kappa shape index (κ3) is 19.3. The molecule has 0 heterocycles. The average molecular weight is 356 g/mol. The highest BCUT2D eigenvalue weighted by molar-refractivity contribution is 5.95. The summed E-state index contributed by atoms with van der Waals surface area (Å²) in [5.74, 6) is 0.427. The van der Waals surface area contributed by atoms with Gasteiger partial charge in [0.2, 0.25) is 0 Å². The summed E-state index contributed by atoms with van der Waals surface area (Å²) in [6.07, 6.45) is 10.9. The maximum atomic E-state index is 7.68. The van der Waals surface area contributed by atoms with Gasteiger partial charge in [0.25, 0.3) is 0 Å². The second kappa shape index (κ2) is 20.3. The highest BCUT2D eigenvalue weighted by Gasteiger charge is 1.99. The summed E-state index contributed by atoms with van der Waals surface area (Å²) in [5.41, 5.74) is 0. The molecule has 5 N–H and O–H groups in total. The Morgan fingerprint density at radius 1 is 0.636 bits per heavy atom. The van der Waals surface area contributed by atoms with Crippen LogP contribution in [0.15, 0.2) is 0 Å². The first-order chi connectivity index (χ1) is 9.70. The molecular formula is C15H35Cl2N5. The number of hydrogen-bond acceptors (Lipinski definition) is 2. The van der Waals surface area contributed by atoms with Crippen LogP contribution in [0, 0.1) is 10.8 Å². The summed E-state index contributed by atoms with van der Waals surface area (Å²) in [7, 11) is 0. The first-order valence-electron chi connectivity index (χ1n) is 8.12. The van der Waals surface area contributed by atoms with E-state index in [9.17, 15) is 0 Å². The predicted octanol–water partition coefficient (Wildman–Crippen LogP) is 4.02. The quantitative estimate of drug-likeness (QED) is 0.220. The topological polar surface area (TPSA) is 83.8 Å². The maximum Gasteiger partial charge on any atom is 0.195 e. The number of nitrogens with one attached hydrogen (secondary N) is 5. The minimum absolute atomic E-state index is 0. The summed E-state index contributed by atoms with van der Waals surface area (Å²) in [4.78, 5) is 0. The molecule has 0 saturated heterocycles. The lowest BCUT2D eigenvalue weighted by molar-refractivity contribution is 0.621. The summed E-state index contributed by atoms with van der Waals surface area (Å²) >= 11 is 0. The van der Waals surface area contributed by atoms with Gasteiger partial charge in [-0.05, 0) is 12.8 Å². The van der Waals surface area contributed by atoms with Crippen molar-refractivity contribution >= 4 is 36.7 Å². The largest absolute Gasteiger partial charge is 0.356 e. The van der Waals surface area contributed by atoms with Crippen molar-refractivity contribution in [2.75, 3.05) is 13.1 Å². The van der Waals surface area contributed by atoms with Crippen LogP contribution < -0.4 is 16.0 Å². The molecule has 0 radical (unpaired) electrons. The third-order valence-corrected chi connectivity index (χ3v) is 3.16. The van der Waals surface area contributed by atoms with E-state index >= 15 is 0 Å². The fourth-order valence-corrected chi connectivity index (χ4v) is 1.92. The molecule has 0 aliphatic carbocycles. The number of guanidine groups is 2. The molecule has 0 aliphatic heterocycles. The summed E-state index contributed by atoms with van der Waals surface area (Å²) in [6, 6.07) is 0. The zero-order valence-corrected chi connectivity index (χ0v) is 15.7. The third-order valence-electron chi connectivity index (χ3n) is 3.16. The lowest BCUT2D eigenvalue weighted by Crippen LogP contribution is -2.46. The molecule has 22 heavy (non-hydrogen) atoms. The van der Waals surface area contributed by atoms with Gasteiger partial charge < -0.3 is 10.6 Å². The van der Waals surface area contributed by atoms with Crippen LogP contribution in [0.4, 0.5) is 0 Å². The van der Waals surface area contributed by atoms with Crippen molar-refractivity contribution in [2.24, 2.45) is 0 Å². The highest BCUT2D eigenvalue weighted by Crippen LogP contribution is 2.00. The Labute approximate surface area is 148 Å². The Balaban J connectivity index is -0.00000180. The number of unbranched alkanes of at least 4 members (excludes halogenated alkanes) is 7. The fourth-order valence-electron chi connectivity index (χ4n) is 1.92. The Hall–Kier alpha value is -0.680. The molecule has 0 fully saturated rings. The molecule has 0 unspecified atom stereocenters. The van der Waals surface area contributed by atoms with E-state index in [-0.39, 0.29) is 36.7 Å². The van der Waals surface area contributed by atoms with Crippen LogP contribution in [0.2, 0.25) is 0 Å². The molecule has 0 atom stereocenters. The van der Waals surface area contributed by atoms with Gasteiger partial charge in [-0.3, -0.25) is 16.1 Å². The lowest BCUT2D eigenvalue weighted by Gasteiger charge is -2.12. The molecule has 0 amide bonds. The molecule has 0 spiro atoms. The number of rotatable bonds is 11. The van der Waals surface area contributed by atoms with Gasteiger partial charge in [-0.1, -0.05) is 58.8 Å². The van der Waals surface area contributed by atoms with E-state index in [1.165, 1.54) is 44.9 Å². The highest BCUT2D eigenvalue weighted by atomic mass is 35.5. The van der Waals surface area contributed by atoms with Crippen LogP contribution in [0.1, 0.15) is 71.6 Å². The molecular weight excluding hydrogens is 321 g/mol. The van der Waals surface area contributed by atoms with E-state index in [0.717, 1.165) is 25.9 Å². The molecule has 0 aliphatic rings. The SMILES string of the molecule is CCCCCCCNC(=N)NC(=N)NCCCCCC.Cl.Cl. The van der Waals surface area contributed by atoms with Gasteiger partial charge in [-0.2, -0.15) is 0 Å². The minimum atomic E-state index is 0. The normalized spacial score (nSPS) is 9.18. The van der Waals surface area contributed by atoms with E-state index in [1.54, 1.807) is 0 Å². The van der Waals surface area contributed by atoms with E-state index in [2.05, 4.69) is 29.8 Å². The summed E-state index contributed by atoms with van der Waals surface area (Å²) in [5, 5.41) is 24.0. The van der Waals surface area contributed by atoms with Crippen molar-refractivity contribution in [1.82, 2.24) is 16.0 Å². The van der Waals surface area contributed by atoms with Gasteiger partial charge in [0.1, 0.15) is 0 Å². The van der Waals surface area contributed by atoms with E-state index in [0.29, 0.717) is 0 Å². The van der Waals surface area contributed by atoms with Crippen LogP contribution in [0.25, 0.3) is 0 Å². The second-order valence-electron chi connectivity index (χ2n) is 5.20. The van der Waals surface area contributed by atoms with Crippen LogP contribution in [-0.2, 0) is 0 Å². The molecule has 0 aromatic carbocycles. The van der Waals surface area contributed by atoms with E-state index in [1.807, 2.05) is 0 Å². The Morgan fingerprint density at radius 2 is 1.00 bits per heavy atom. The molecule has 0 rings (SSSR count). The molecule has 0 bridgehead atoms. The van der Waals surface area contributed by atoms with Gasteiger partial charge >= 0.3 is 0 Å². The zero-order valence-electron chi connectivity index (χ0n) is 14.1. The van der Waals surface area contributed by atoms with E-state index < -0.39 is 0 Å². The van der Waals surface area contributed by atoms with Crippen molar-refractivity contribution in [2.45, 2.75) is 71.6 Å². The van der Waals surface area contributed by atoms with Gasteiger partial charge in [0.05, 0.1) is 0 Å². The first-order valence-corrected chi connectivity index (χ1v) is 8.12. The molecule has 134 valence electrons. The van der Waals surface area contributed by atoms with Crippen molar-refractivity contribution < 1.29 is 0 Å². The minimum Gasteiger partial charge on any atom is -0.356 e. The monoisotopic (exact) mass is 355 g/mol. The zero-order chi connectivity index (χ0) is 15.1. The lowest BCUT2D eigenvalue weighted by atomic mass is 10.1. The van der Waals surface area contributed by atoms with Crippen LogP contribution in [-0.4, -0.2) is 25.0 Å². The molecule has 5 nitrogen and oxygen atoms in total. The summed E-state index contributed by atoms with van der Waals surface area (Å²) in [6.45, 7) is 6.00. The van der Waals surface area contributed by atoms with Gasteiger partial charge in [-0.25, -0.2) is 0 Å². The maximum absolute atomic E-state index is 7.68. The van der Waals surface area contributed by atoms with Crippen LogP contribution in [0.5, 0.6) is 0 Å².